The normalized spacial score (nSPS) is 18.4. The summed E-state index contributed by atoms with van der Waals surface area (Å²) in [5, 5.41) is 0. The first kappa shape index (κ1) is 12.8. The van der Waals surface area contributed by atoms with Gasteiger partial charge in [-0.15, -0.1) is 0 Å². The fourth-order valence-corrected chi connectivity index (χ4v) is 2.70. The third-order valence-electron chi connectivity index (χ3n) is 3.68. The molecule has 4 heteroatoms. The zero-order valence-corrected chi connectivity index (χ0v) is 11.8. The minimum Gasteiger partial charge on any atom is -0.299 e. The molecule has 0 N–H and O–H groups in total. The van der Waals surface area contributed by atoms with Crippen LogP contribution in [0.5, 0.6) is 0 Å². The largest absolute Gasteiger partial charge is 0.328 e. The molecule has 1 aromatic rings. The third kappa shape index (κ3) is 2.79. The van der Waals surface area contributed by atoms with Gasteiger partial charge in [-0.25, -0.2) is 4.79 Å². The monoisotopic (exact) mass is 254 g/mol. The zero-order valence-electron chi connectivity index (χ0n) is 10.9. The second-order valence-electron chi connectivity index (χ2n) is 6.12. The van der Waals surface area contributed by atoms with Crippen molar-refractivity contribution in [3.05, 3.63) is 22.9 Å². The van der Waals surface area contributed by atoms with Crippen molar-refractivity contribution in [1.29, 1.82) is 0 Å². The number of rotatable bonds is 4. The molecule has 96 valence electrons. The highest BCUT2D eigenvalue weighted by Crippen LogP contribution is 2.33. The number of hydrogen-bond donors (Lipinski definition) is 1. The molecule has 17 heavy (non-hydrogen) atoms. The van der Waals surface area contributed by atoms with Crippen molar-refractivity contribution in [2.75, 3.05) is 5.75 Å². The summed E-state index contributed by atoms with van der Waals surface area (Å²) in [7, 11) is 0. The van der Waals surface area contributed by atoms with E-state index in [1.165, 1.54) is 0 Å². The van der Waals surface area contributed by atoms with Gasteiger partial charge in [-0.05, 0) is 29.9 Å². The van der Waals surface area contributed by atoms with Crippen LogP contribution in [0, 0.1) is 11.3 Å². The van der Waals surface area contributed by atoms with E-state index in [0.29, 0.717) is 12.0 Å². The molecule has 2 rings (SSSR count). The maximum Gasteiger partial charge on any atom is 0.328 e. The lowest BCUT2D eigenvalue weighted by Gasteiger charge is -2.29. The van der Waals surface area contributed by atoms with Crippen LogP contribution in [0.1, 0.15) is 39.7 Å². The van der Waals surface area contributed by atoms with Crippen molar-refractivity contribution < 1.29 is 0 Å². The van der Waals surface area contributed by atoms with E-state index in [4.69, 9.17) is 0 Å². The van der Waals surface area contributed by atoms with Crippen molar-refractivity contribution in [3.8, 4) is 0 Å². The SMILES string of the molecule is CC(C)(C)C(CS)Cn1ccn(C2CC2)c1=O. The molecule has 1 heterocycles. The molecular formula is C13H22N2OS. The quantitative estimate of drug-likeness (QED) is 0.822. The second kappa shape index (κ2) is 4.56. The Morgan fingerprint density at radius 1 is 1.41 bits per heavy atom. The molecule has 1 aliphatic carbocycles. The Balaban J connectivity index is 2.15. The van der Waals surface area contributed by atoms with Crippen LogP contribution in [0.4, 0.5) is 0 Å². The Kier molecular flexibility index (Phi) is 3.43. The maximum absolute atomic E-state index is 12.1. The van der Waals surface area contributed by atoms with Crippen LogP contribution < -0.4 is 5.69 Å². The fraction of sp³-hybridized carbons (Fsp3) is 0.769. The van der Waals surface area contributed by atoms with Crippen LogP contribution in [0.2, 0.25) is 0 Å². The number of aromatic nitrogens is 2. The number of hydrogen-bond acceptors (Lipinski definition) is 2. The molecular weight excluding hydrogens is 232 g/mol. The molecule has 1 saturated carbocycles. The van der Waals surface area contributed by atoms with E-state index in [9.17, 15) is 4.79 Å². The van der Waals surface area contributed by atoms with E-state index in [1.54, 1.807) is 0 Å². The predicted molar refractivity (Wildman–Crippen MR) is 73.8 cm³/mol. The van der Waals surface area contributed by atoms with Crippen molar-refractivity contribution in [2.24, 2.45) is 11.3 Å². The molecule has 0 saturated heterocycles. The van der Waals surface area contributed by atoms with E-state index >= 15 is 0 Å². The lowest BCUT2D eigenvalue weighted by atomic mass is 9.82. The predicted octanol–water partition coefficient (Wildman–Crippen LogP) is 2.58. The molecule has 1 fully saturated rings. The molecule has 3 nitrogen and oxygen atoms in total. The summed E-state index contributed by atoms with van der Waals surface area (Å²) in [6.07, 6.45) is 6.15. The van der Waals surface area contributed by atoms with Crippen LogP contribution in [0.3, 0.4) is 0 Å². The summed E-state index contributed by atoms with van der Waals surface area (Å²) in [5.41, 5.74) is 0.326. The van der Waals surface area contributed by atoms with Crippen molar-refractivity contribution in [1.82, 2.24) is 9.13 Å². The smallest absolute Gasteiger partial charge is 0.299 e. The Labute approximate surface area is 108 Å². The Morgan fingerprint density at radius 2 is 2.06 bits per heavy atom. The highest BCUT2D eigenvalue weighted by atomic mass is 32.1. The highest BCUT2D eigenvalue weighted by molar-refractivity contribution is 7.80. The molecule has 0 aromatic carbocycles. The third-order valence-corrected chi connectivity index (χ3v) is 4.12. The van der Waals surface area contributed by atoms with Crippen LogP contribution in [0.15, 0.2) is 17.2 Å². The van der Waals surface area contributed by atoms with Crippen LogP contribution in [-0.4, -0.2) is 14.9 Å². The molecule has 0 bridgehead atoms. The number of nitrogens with zero attached hydrogens (tertiary/aromatic N) is 2. The van der Waals surface area contributed by atoms with Gasteiger partial charge in [0.15, 0.2) is 0 Å². The number of imidazole rings is 1. The summed E-state index contributed by atoms with van der Waals surface area (Å²) in [6.45, 7) is 7.38. The second-order valence-corrected chi connectivity index (χ2v) is 6.48. The molecule has 0 spiro atoms. The summed E-state index contributed by atoms with van der Waals surface area (Å²) in [4.78, 5) is 12.1. The van der Waals surface area contributed by atoms with Gasteiger partial charge in [0.25, 0.3) is 0 Å². The van der Waals surface area contributed by atoms with Gasteiger partial charge in [0.1, 0.15) is 0 Å². The first-order chi connectivity index (χ1) is 7.93. The van der Waals surface area contributed by atoms with Crippen molar-refractivity contribution >= 4 is 12.6 Å². The van der Waals surface area contributed by atoms with E-state index < -0.39 is 0 Å². The van der Waals surface area contributed by atoms with Gasteiger partial charge in [-0.3, -0.25) is 9.13 Å². The molecule has 1 unspecified atom stereocenters. The van der Waals surface area contributed by atoms with Crippen LogP contribution in [-0.2, 0) is 6.54 Å². The van der Waals surface area contributed by atoms with Gasteiger partial charge in [-0.1, -0.05) is 20.8 Å². The molecule has 0 radical (unpaired) electrons. The van der Waals surface area contributed by atoms with Crippen LogP contribution >= 0.6 is 12.6 Å². The molecule has 1 aliphatic rings. The molecule has 0 amide bonds. The zero-order chi connectivity index (χ0) is 12.6. The fourth-order valence-electron chi connectivity index (χ4n) is 2.04. The average Bonchev–Trinajstić information content (AvgIpc) is 3.00. The summed E-state index contributed by atoms with van der Waals surface area (Å²) in [5.74, 6) is 1.23. The summed E-state index contributed by atoms with van der Waals surface area (Å²) >= 11 is 4.41. The van der Waals surface area contributed by atoms with Gasteiger partial charge in [0.05, 0.1) is 0 Å². The number of thiol groups is 1. The highest BCUT2D eigenvalue weighted by Gasteiger charge is 2.28. The topological polar surface area (TPSA) is 26.9 Å². The summed E-state index contributed by atoms with van der Waals surface area (Å²) < 4.78 is 3.71. The van der Waals surface area contributed by atoms with Gasteiger partial charge in [0.2, 0.25) is 0 Å². The van der Waals surface area contributed by atoms with Gasteiger partial charge < -0.3 is 0 Å². The average molecular weight is 254 g/mol. The standard InChI is InChI=1S/C13H22N2OS/c1-13(2,3)10(9-17)8-14-6-7-15(12(14)16)11-4-5-11/h6-7,10-11,17H,4-5,8-9H2,1-3H3. The van der Waals surface area contributed by atoms with Crippen molar-refractivity contribution in [2.45, 2.75) is 46.2 Å². The van der Waals surface area contributed by atoms with E-state index in [2.05, 4.69) is 33.4 Å². The summed E-state index contributed by atoms with van der Waals surface area (Å²) in [6, 6.07) is 0.466. The van der Waals surface area contributed by atoms with E-state index in [1.807, 2.05) is 21.5 Å². The lowest BCUT2D eigenvalue weighted by Crippen LogP contribution is -2.32. The lowest BCUT2D eigenvalue weighted by molar-refractivity contribution is 0.236. The Bertz CT molecular complexity index is 437. The van der Waals surface area contributed by atoms with Gasteiger partial charge in [-0.2, -0.15) is 12.6 Å². The van der Waals surface area contributed by atoms with E-state index in [-0.39, 0.29) is 11.1 Å². The minimum absolute atomic E-state index is 0.142. The van der Waals surface area contributed by atoms with Crippen LogP contribution in [0.25, 0.3) is 0 Å². The van der Waals surface area contributed by atoms with E-state index in [0.717, 1.165) is 25.1 Å². The molecule has 0 aliphatic heterocycles. The maximum atomic E-state index is 12.1. The Hall–Kier alpha value is -0.640. The minimum atomic E-state index is 0.142. The molecule has 1 atom stereocenters. The van der Waals surface area contributed by atoms with Crippen molar-refractivity contribution in [3.63, 3.8) is 0 Å². The first-order valence-electron chi connectivity index (χ1n) is 6.31. The first-order valence-corrected chi connectivity index (χ1v) is 6.95. The van der Waals surface area contributed by atoms with Gasteiger partial charge >= 0.3 is 5.69 Å². The van der Waals surface area contributed by atoms with Gasteiger partial charge in [0, 0.05) is 25.0 Å². The molecule has 1 aromatic heterocycles. The Morgan fingerprint density at radius 3 is 2.53 bits per heavy atom.